The molecule has 1 saturated heterocycles. The molecule has 1 aliphatic carbocycles. The fourth-order valence-corrected chi connectivity index (χ4v) is 4.01. The summed E-state index contributed by atoms with van der Waals surface area (Å²) in [7, 11) is 0. The Kier molecular flexibility index (Phi) is 5.73. The number of hydrogen-bond acceptors (Lipinski definition) is 2. The van der Waals surface area contributed by atoms with Crippen molar-refractivity contribution in [2.45, 2.75) is 44.3 Å². The molecule has 2 aromatic rings. The fourth-order valence-electron chi connectivity index (χ4n) is 4.01. The second kappa shape index (κ2) is 8.57. The number of benzene rings is 2. The van der Waals surface area contributed by atoms with E-state index in [1.54, 1.807) is 0 Å². The lowest BCUT2D eigenvalue weighted by atomic mass is 10.0. The third-order valence-corrected chi connectivity index (χ3v) is 5.71. The Balaban J connectivity index is 1.24. The van der Waals surface area contributed by atoms with Crippen LogP contribution in [-0.2, 0) is 6.54 Å². The monoisotopic (exact) mass is 363 g/mol. The Morgan fingerprint density at radius 1 is 0.926 bits per heavy atom. The van der Waals surface area contributed by atoms with Gasteiger partial charge in [0.25, 0.3) is 0 Å². The molecule has 142 valence electrons. The van der Waals surface area contributed by atoms with Gasteiger partial charge in [0, 0.05) is 25.7 Å². The van der Waals surface area contributed by atoms with Gasteiger partial charge in [-0.05, 0) is 42.7 Å². The molecule has 1 saturated carbocycles. The van der Waals surface area contributed by atoms with Gasteiger partial charge >= 0.3 is 6.03 Å². The van der Waals surface area contributed by atoms with Crippen molar-refractivity contribution in [1.29, 1.82) is 0 Å². The first kappa shape index (κ1) is 18.1. The van der Waals surface area contributed by atoms with E-state index in [0.717, 1.165) is 32.5 Å². The molecule has 0 radical (unpaired) electrons. The summed E-state index contributed by atoms with van der Waals surface area (Å²) in [6.07, 6.45) is 4.44. The van der Waals surface area contributed by atoms with Crippen LogP contribution in [0.25, 0.3) is 0 Å². The normalized spacial score (nSPS) is 19.4. The Morgan fingerprint density at radius 3 is 2.19 bits per heavy atom. The Labute approximate surface area is 162 Å². The minimum absolute atomic E-state index is 0.0164. The minimum Gasteiger partial charge on any atom is -0.335 e. The quantitative estimate of drug-likeness (QED) is 0.811. The van der Waals surface area contributed by atoms with Gasteiger partial charge in [-0.25, -0.2) is 4.79 Å². The Morgan fingerprint density at radius 2 is 1.56 bits per heavy atom. The number of amides is 2. The van der Waals surface area contributed by atoms with E-state index in [1.807, 2.05) is 18.2 Å². The van der Waals surface area contributed by atoms with Gasteiger partial charge in [0.15, 0.2) is 0 Å². The van der Waals surface area contributed by atoms with Crippen molar-refractivity contribution in [3.63, 3.8) is 0 Å². The van der Waals surface area contributed by atoms with Gasteiger partial charge < -0.3 is 10.6 Å². The highest BCUT2D eigenvalue weighted by Crippen LogP contribution is 2.40. The average molecular weight is 364 g/mol. The maximum Gasteiger partial charge on any atom is 0.315 e. The number of hydrogen-bond donors (Lipinski definition) is 2. The standard InChI is InChI=1S/C23H29N3O/c27-23(25-22(20-11-12-20)19-9-5-2-6-10-19)24-21-13-15-26(16-14-21)17-18-7-3-1-4-8-18/h1-10,20-22H,11-17H2,(H2,24,25,27). The maximum atomic E-state index is 12.6. The lowest BCUT2D eigenvalue weighted by Crippen LogP contribution is -2.48. The van der Waals surface area contributed by atoms with Gasteiger partial charge in [-0.15, -0.1) is 0 Å². The SMILES string of the molecule is O=C(NC1CCN(Cc2ccccc2)CC1)NC(c1ccccc1)C1CC1. The van der Waals surface area contributed by atoms with E-state index >= 15 is 0 Å². The molecule has 2 fully saturated rings. The fraction of sp³-hybridized carbons (Fsp3) is 0.435. The number of piperidine rings is 1. The van der Waals surface area contributed by atoms with Crippen molar-refractivity contribution in [2.75, 3.05) is 13.1 Å². The molecule has 1 atom stereocenters. The predicted octanol–water partition coefficient (Wildman–Crippen LogP) is 4.10. The molecule has 2 amide bonds. The third kappa shape index (κ3) is 5.10. The first-order valence-corrected chi connectivity index (χ1v) is 10.2. The zero-order chi connectivity index (χ0) is 18.5. The number of rotatable bonds is 6. The highest BCUT2D eigenvalue weighted by Gasteiger charge is 2.33. The number of nitrogens with one attached hydrogen (secondary N) is 2. The molecule has 4 rings (SSSR count). The molecule has 2 N–H and O–H groups in total. The highest BCUT2D eigenvalue weighted by atomic mass is 16.2. The molecule has 2 aromatic carbocycles. The molecule has 4 heteroatoms. The van der Waals surface area contributed by atoms with E-state index in [9.17, 15) is 4.79 Å². The lowest BCUT2D eigenvalue weighted by Gasteiger charge is -2.32. The number of nitrogens with zero attached hydrogens (tertiary/aromatic N) is 1. The number of urea groups is 1. The van der Waals surface area contributed by atoms with Crippen molar-refractivity contribution >= 4 is 6.03 Å². The summed E-state index contributed by atoms with van der Waals surface area (Å²) in [5, 5.41) is 6.44. The molecule has 0 bridgehead atoms. The van der Waals surface area contributed by atoms with Gasteiger partial charge in [0.2, 0.25) is 0 Å². The molecule has 0 spiro atoms. The average Bonchev–Trinajstić information content (AvgIpc) is 3.54. The molecular weight excluding hydrogens is 334 g/mol. The van der Waals surface area contributed by atoms with Crippen LogP contribution < -0.4 is 10.6 Å². The first-order chi connectivity index (χ1) is 13.3. The molecular formula is C23H29N3O. The molecule has 1 unspecified atom stereocenters. The van der Waals surface area contributed by atoms with Crippen molar-refractivity contribution < 1.29 is 4.79 Å². The van der Waals surface area contributed by atoms with Gasteiger partial charge in [0.05, 0.1) is 6.04 Å². The van der Waals surface area contributed by atoms with E-state index in [4.69, 9.17) is 0 Å². The Bertz CT molecular complexity index is 722. The summed E-state index contributed by atoms with van der Waals surface area (Å²) in [4.78, 5) is 15.0. The topological polar surface area (TPSA) is 44.4 Å². The van der Waals surface area contributed by atoms with E-state index in [1.165, 1.54) is 24.0 Å². The van der Waals surface area contributed by atoms with Crippen LogP contribution in [0.5, 0.6) is 0 Å². The van der Waals surface area contributed by atoms with Gasteiger partial charge in [-0.3, -0.25) is 4.90 Å². The van der Waals surface area contributed by atoms with Crippen LogP contribution in [0.15, 0.2) is 60.7 Å². The molecule has 0 aromatic heterocycles. The smallest absolute Gasteiger partial charge is 0.315 e. The van der Waals surface area contributed by atoms with Crippen molar-refractivity contribution in [3.05, 3.63) is 71.8 Å². The van der Waals surface area contributed by atoms with Crippen LogP contribution in [0.3, 0.4) is 0 Å². The number of carbonyl (C=O) groups is 1. The van der Waals surface area contributed by atoms with Crippen LogP contribution in [0.2, 0.25) is 0 Å². The van der Waals surface area contributed by atoms with Gasteiger partial charge in [-0.2, -0.15) is 0 Å². The highest BCUT2D eigenvalue weighted by molar-refractivity contribution is 5.75. The van der Waals surface area contributed by atoms with Crippen molar-refractivity contribution in [1.82, 2.24) is 15.5 Å². The van der Waals surface area contributed by atoms with E-state index in [2.05, 4.69) is 58.0 Å². The Hall–Kier alpha value is -2.33. The molecule has 1 heterocycles. The van der Waals surface area contributed by atoms with Gasteiger partial charge in [-0.1, -0.05) is 60.7 Å². The molecule has 27 heavy (non-hydrogen) atoms. The zero-order valence-electron chi connectivity index (χ0n) is 15.8. The third-order valence-electron chi connectivity index (χ3n) is 5.71. The van der Waals surface area contributed by atoms with E-state index < -0.39 is 0 Å². The van der Waals surface area contributed by atoms with Crippen LogP contribution in [0.4, 0.5) is 4.79 Å². The van der Waals surface area contributed by atoms with Crippen LogP contribution in [0.1, 0.15) is 42.9 Å². The van der Waals surface area contributed by atoms with E-state index in [0.29, 0.717) is 5.92 Å². The summed E-state index contributed by atoms with van der Waals surface area (Å²) in [5.41, 5.74) is 2.57. The molecule has 2 aliphatic rings. The lowest BCUT2D eigenvalue weighted by molar-refractivity contribution is 0.185. The number of likely N-dealkylation sites (tertiary alicyclic amines) is 1. The van der Waals surface area contributed by atoms with Crippen LogP contribution >= 0.6 is 0 Å². The summed E-state index contributed by atoms with van der Waals surface area (Å²) in [6, 6.07) is 21.4. The van der Waals surface area contributed by atoms with Crippen LogP contribution in [-0.4, -0.2) is 30.1 Å². The zero-order valence-corrected chi connectivity index (χ0v) is 15.8. The second-order valence-electron chi connectivity index (χ2n) is 7.88. The molecule has 4 nitrogen and oxygen atoms in total. The van der Waals surface area contributed by atoms with E-state index in [-0.39, 0.29) is 18.1 Å². The number of carbonyl (C=O) groups excluding carboxylic acids is 1. The van der Waals surface area contributed by atoms with Crippen LogP contribution in [0, 0.1) is 5.92 Å². The van der Waals surface area contributed by atoms with Crippen molar-refractivity contribution in [3.8, 4) is 0 Å². The molecule has 1 aliphatic heterocycles. The minimum atomic E-state index is -0.0164. The predicted molar refractivity (Wildman–Crippen MR) is 108 cm³/mol. The second-order valence-corrected chi connectivity index (χ2v) is 7.88. The van der Waals surface area contributed by atoms with Gasteiger partial charge in [0.1, 0.15) is 0 Å². The maximum absolute atomic E-state index is 12.6. The first-order valence-electron chi connectivity index (χ1n) is 10.2. The summed E-state index contributed by atoms with van der Waals surface area (Å²) in [5.74, 6) is 0.589. The summed E-state index contributed by atoms with van der Waals surface area (Å²) in [6.45, 7) is 3.06. The summed E-state index contributed by atoms with van der Waals surface area (Å²) >= 11 is 0. The summed E-state index contributed by atoms with van der Waals surface area (Å²) < 4.78 is 0. The largest absolute Gasteiger partial charge is 0.335 e. The van der Waals surface area contributed by atoms with Crippen molar-refractivity contribution in [2.24, 2.45) is 5.92 Å².